The number of rotatable bonds is 4. The molecule has 1 unspecified atom stereocenters. The maximum Gasteiger partial charge on any atom is 0.128 e. The van der Waals surface area contributed by atoms with E-state index in [9.17, 15) is 4.39 Å². The van der Waals surface area contributed by atoms with Crippen molar-refractivity contribution in [3.05, 3.63) is 54.9 Å². The lowest BCUT2D eigenvalue weighted by molar-refractivity contribution is 0.563. The van der Waals surface area contributed by atoms with Gasteiger partial charge in [0, 0.05) is 24.8 Å². The van der Waals surface area contributed by atoms with Crippen molar-refractivity contribution in [2.24, 2.45) is 0 Å². The number of nitrogens with one attached hydrogen (secondary N) is 1. The molecule has 0 radical (unpaired) electrons. The highest BCUT2D eigenvalue weighted by molar-refractivity contribution is 9.10. The average Bonchev–Trinajstić information content (AvgIpc) is 2.70. The second-order valence-corrected chi connectivity index (χ2v) is 6.79. The molecular weight excluding hydrogens is 349 g/mol. The predicted molar refractivity (Wildman–Crippen MR) is 83.7 cm³/mol. The Kier molecular flexibility index (Phi) is 5.01. The zero-order chi connectivity index (χ0) is 14.0. The van der Waals surface area contributed by atoms with Crippen LogP contribution in [0, 0.1) is 12.7 Å². The second kappa shape index (κ2) is 6.35. The molecule has 102 valence electrons. The maximum atomic E-state index is 14.0. The van der Waals surface area contributed by atoms with E-state index in [1.165, 1.54) is 10.9 Å². The van der Waals surface area contributed by atoms with Gasteiger partial charge in [0.05, 0.1) is 6.04 Å². The molecule has 0 amide bonds. The molecule has 0 aliphatic rings. The fraction of sp³-hybridized carbons (Fsp3) is 0.286. The van der Waals surface area contributed by atoms with Gasteiger partial charge in [-0.1, -0.05) is 18.5 Å². The average molecular weight is 363 g/mol. The molecule has 0 saturated heterocycles. The third-order valence-corrected chi connectivity index (χ3v) is 5.27. The molecule has 1 heterocycles. The molecule has 5 heteroatoms. The Morgan fingerprint density at radius 1 is 1.42 bits per heavy atom. The molecule has 1 aromatic heterocycles. The lowest BCUT2D eigenvalue weighted by atomic mass is 10.0. The molecular formula is C14H14BrClFNS. The van der Waals surface area contributed by atoms with Gasteiger partial charge in [-0.2, -0.15) is 0 Å². The van der Waals surface area contributed by atoms with E-state index in [0.29, 0.717) is 10.6 Å². The largest absolute Gasteiger partial charge is 0.306 e. The molecule has 1 aromatic carbocycles. The van der Waals surface area contributed by atoms with Crippen LogP contribution < -0.4 is 5.32 Å². The highest BCUT2D eigenvalue weighted by Gasteiger charge is 2.20. The van der Waals surface area contributed by atoms with Gasteiger partial charge in [-0.05, 0) is 53.7 Å². The molecule has 0 spiro atoms. The van der Waals surface area contributed by atoms with Gasteiger partial charge in [-0.15, -0.1) is 11.3 Å². The molecule has 0 saturated carbocycles. The fourth-order valence-corrected chi connectivity index (χ4v) is 3.76. The summed E-state index contributed by atoms with van der Waals surface area (Å²) in [7, 11) is 0. The number of thiophene rings is 1. The van der Waals surface area contributed by atoms with E-state index in [1.54, 1.807) is 23.5 Å². The van der Waals surface area contributed by atoms with Gasteiger partial charge in [-0.25, -0.2) is 4.39 Å². The van der Waals surface area contributed by atoms with E-state index >= 15 is 0 Å². The zero-order valence-electron chi connectivity index (χ0n) is 10.6. The van der Waals surface area contributed by atoms with Crippen LogP contribution in [0.3, 0.4) is 0 Å². The highest BCUT2D eigenvalue weighted by Crippen LogP contribution is 2.35. The highest BCUT2D eigenvalue weighted by atomic mass is 79.9. The van der Waals surface area contributed by atoms with Crippen molar-refractivity contribution in [1.29, 1.82) is 0 Å². The smallest absolute Gasteiger partial charge is 0.128 e. The minimum atomic E-state index is -0.238. The molecule has 0 fully saturated rings. The monoisotopic (exact) mass is 361 g/mol. The van der Waals surface area contributed by atoms with Crippen LogP contribution in [0.25, 0.3) is 0 Å². The van der Waals surface area contributed by atoms with E-state index in [0.717, 1.165) is 15.9 Å². The first-order chi connectivity index (χ1) is 9.02. The van der Waals surface area contributed by atoms with Gasteiger partial charge < -0.3 is 5.32 Å². The minimum absolute atomic E-state index is 0.168. The SMILES string of the molecule is CCNC(c1cc(Br)c(C)s1)c1cc(Cl)ccc1F. The summed E-state index contributed by atoms with van der Waals surface area (Å²) in [4.78, 5) is 2.26. The lowest BCUT2D eigenvalue weighted by Gasteiger charge is -2.18. The summed E-state index contributed by atoms with van der Waals surface area (Å²) in [5, 5.41) is 3.86. The summed E-state index contributed by atoms with van der Waals surface area (Å²) in [5.74, 6) is -0.238. The van der Waals surface area contributed by atoms with Crippen molar-refractivity contribution in [3.8, 4) is 0 Å². The van der Waals surface area contributed by atoms with E-state index in [1.807, 2.05) is 19.9 Å². The molecule has 19 heavy (non-hydrogen) atoms. The lowest BCUT2D eigenvalue weighted by Crippen LogP contribution is -2.22. The van der Waals surface area contributed by atoms with E-state index < -0.39 is 0 Å². The van der Waals surface area contributed by atoms with E-state index in [4.69, 9.17) is 11.6 Å². The number of benzene rings is 1. The number of halogens is 3. The van der Waals surface area contributed by atoms with Crippen molar-refractivity contribution in [1.82, 2.24) is 5.32 Å². The van der Waals surface area contributed by atoms with Gasteiger partial charge in [0.15, 0.2) is 0 Å². The minimum Gasteiger partial charge on any atom is -0.306 e. The van der Waals surface area contributed by atoms with E-state index in [-0.39, 0.29) is 11.9 Å². The van der Waals surface area contributed by atoms with Crippen molar-refractivity contribution >= 4 is 38.9 Å². The van der Waals surface area contributed by atoms with Crippen molar-refractivity contribution in [2.75, 3.05) is 6.54 Å². The molecule has 1 atom stereocenters. The van der Waals surface area contributed by atoms with Crippen LogP contribution in [-0.4, -0.2) is 6.54 Å². The molecule has 0 bridgehead atoms. The molecule has 1 nitrogen and oxygen atoms in total. The van der Waals surface area contributed by atoms with Crippen LogP contribution in [-0.2, 0) is 0 Å². The summed E-state index contributed by atoms with van der Waals surface area (Å²) in [6.07, 6.45) is 0. The quantitative estimate of drug-likeness (QED) is 0.777. The second-order valence-electron chi connectivity index (χ2n) is 4.21. The van der Waals surface area contributed by atoms with Gasteiger partial charge in [0.2, 0.25) is 0 Å². The summed E-state index contributed by atoms with van der Waals surface area (Å²) in [6.45, 7) is 4.80. The standard InChI is InChI=1S/C14H14BrClFNS/c1-3-18-14(13-7-11(15)8(2)19-13)10-6-9(16)4-5-12(10)17/h4-7,14,18H,3H2,1-2H3. The van der Waals surface area contributed by atoms with Crippen molar-refractivity contribution < 1.29 is 4.39 Å². The molecule has 0 aliphatic heterocycles. The molecule has 1 N–H and O–H groups in total. The number of hydrogen-bond donors (Lipinski definition) is 1. The Hall–Kier alpha value is -0.420. The molecule has 0 aliphatic carbocycles. The van der Waals surface area contributed by atoms with Crippen LogP contribution in [0.15, 0.2) is 28.7 Å². The number of hydrogen-bond acceptors (Lipinski definition) is 2. The Labute approximate surface area is 129 Å². The zero-order valence-corrected chi connectivity index (χ0v) is 13.8. The summed E-state index contributed by atoms with van der Waals surface area (Å²) >= 11 is 11.1. The number of aryl methyl sites for hydroxylation is 1. The Bertz CT molecular complexity index is 565. The Morgan fingerprint density at radius 3 is 2.74 bits per heavy atom. The van der Waals surface area contributed by atoms with Gasteiger partial charge >= 0.3 is 0 Å². The van der Waals surface area contributed by atoms with E-state index in [2.05, 4.69) is 21.2 Å². The van der Waals surface area contributed by atoms with Crippen LogP contribution in [0.5, 0.6) is 0 Å². The molecule has 2 aromatic rings. The summed E-state index contributed by atoms with van der Waals surface area (Å²) < 4.78 is 15.1. The third-order valence-electron chi connectivity index (χ3n) is 2.84. The first-order valence-corrected chi connectivity index (χ1v) is 7.95. The summed E-state index contributed by atoms with van der Waals surface area (Å²) in [6, 6.07) is 6.54. The third kappa shape index (κ3) is 3.37. The summed E-state index contributed by atoms with van der Waals surface area (Å²) in [5.41, 5.74) is 0.586. The molecule has 2 rings (SSSR count). The first-order valence-electron chi connectivity index (χ1n) is 5.97. The maximum absolute atomic E-state index is 14.0. The van der Waals surface area contributed by atoms with Crippen LogP contribution in [0.1, 0.15) is 28.3 Å². The van der Waals surface area contributed by atoms with Crippen LogP contribution in [0.2, 0.25) is 5.02 Å². The first kappa shape index (κ1) is 15.0. The van der Waals surface area contributed by atoms with Gasteiger partial charge in [-0.3, -0.25) is 0 Å². The normalized spacial score (nSPS) is 12.7. The van der Waals surface area contributed by atoms with Crippen LogP contribution >= 0.6 is 38.9 Å². The predicted octanol–water partition coefficient (Wildman–Crippen LogP) is 5.31. The van der Waals surface area contributed by atoms with Crippen molar-refractivity contribution in [3.63, 3.8) is 0 Å². The van der Waals surface area contributed by atoms with Crippen molar-refractivity contribution in [2.45, 2.75) is 19.9 Å². The topological polar surface area (TPSA) is 12.0 Å². The van der Waals surface area contributed by atoms with Gasteiger partial charge in [0.25, 0.3) is 0 Å². The van der Waals surface area contributed by atoms with Gasteiger partial charge in [0.1, 0.15) is 5.82 Å². The fourth-order valence-electron chi connectivity index (χ4n) is 1.93. The van der Waals surface area contributed by atoms with Crippen LogP contribution in [0.4, 0.5) is 4.39 Å². The Morgan fingerprint density at radius 2 is 2.16 bits per heavy atom. The Balaban J connectivity index is 2.47.